The summed E-state index contributed by atoms with van der Waals surface area (Å²) in [6.07, 6.45) is 12.6. The molecule has 0 bridgehead atoms. The van der Waals surface area contributed by atoms with Crippen LogP contribution in [0, 0.1) is 79.8 Å². The molecule has 0 spiro atoms. The maximum Gasteiger partial charge on any atom is 0.335 e. The largest absolute Gasteiger partial charge is 0.479 e. The zero-order valence-electron chi connectivity index (χ0n) is 58.8. The van der Waals surface area contributed by atoms with E-state index >= 15 is 0 Å². The molecule has 520 valence electrons. The van der Waals surface area contributed by atoms with E-state index in [9.17, 15) is 54.6 Å². The van der Waals surface area contributed by atoms with Crippen molar-refractivity contribution in [2.75, 3.05) is 45.8 Å². The Morgan fingerprint density at radius 2 is 0.957 bits per heavy atom. The van der Waals surface area contributed by atoms with Crippen molar-refractivity contribution in [2.45, 2.75) is 261 Å². The highest BCUT2D eigenvalue weighted by Crippen LogP contribution is 2.77. The summed E-state index contributed by atoms with van der Waals surface area (Å²) in [7, 11) is 0. The third-order valence-corrected chi connectivity index (χ3v) is 26.9. The van der Waals surface area contributed by atoms with Gasteiger partial charge in [0.05, 0.1) is 12.2 Å². The summed E-state index contributed by atoms with van der Waals surface area (Å²) in [5.41, 5.74) is 1.13. The second-order valence-corrected chi connectivity index (χ2v) is 32.3. The van der Waals surface area contributed by atoms with Gasteiger partial charge < -0.3 is 60.8 Å². The van der Waals surface area contributed by atoms with Gasteiger partial charge in [0.2, 0.25) is 0 Å². The number of aliphatic hydroxyl groups is 4. The number of carboxylic acids is 2. The number of carboxylic acid groups (broad SMARTS) is 2. The van der Waals surface area contributed by atoms with E-state index in [0.717, 1.165) is 87.7 Å². The van der Waals surface area contributed by atoms with Crippen LogP contribution in [0.15, 0.2) is 45.6 Å². The van der Waals surface area contributed by atoms with Crippen molar-refractivity contribution >= 4 is 29.8 Å². The molecular weight excluding hydrogens is 1170 g/mol. The van der Waals surface area contributed by atoms with E-state index < -0.39 is 82.4 Å². The lowest BCUT2D eigenvalue weighted by atomic mass is 9.36. The van der Waals surface area contributed by atoms with Gasteiger partial charge in [-0.1, -0.05) is 89.8 Å². The van der Waals surface area contributed by atoms with Crippen molar-refractivity contribution < 1.29 is 68.8 Å². The summed E-state index contributed by atoms with van der Waals surface area (Å²) in [4.78, 5) is 63.6. The Morgan fingerprint density at radius 1 is 0.543 bits per heavy atom. The number of carbonyl (C=O) groups excluding carboxylic acids is 3. The Bertz CT molecular complexity index is 2850. The van der Waals surface area contributed by atoms with Gasteiger partial charge in [-0.15, -0.1) is 0 Å². The highest BCUT2D eigenvalue weighted by atomic mass is 16.6. The number of aliphatic carboxylic acids is 2. The summed E-state index contributed by atoms with van der Waals surface area (Å²) in [5.74, 6) is -4.92. The maximum atomic E-state index is 13.1. The SMILES string of the molecule is CC(=O)OC(CCNCCNCCCNCC(CCC=C(C)C)=C1[C@@H](OC(C)=O)C[C@@]2(C)[C@@H]1C[C@@H](O)C1[C@@]3(C)CC[C@](O)(C(=O)O)[C@@H](C)C3CC[C@@]12C)NCC(CCC=C(C)C)=C1[C@@H](OC(C)=O)C[C@@]2(C)[C@@H]1C[C@@H](O)C1[C@@]3(C)CC[C@](O)(C(=O)O)[C@@H](C)C3CC[C@@]12C. The van der Waals surface area contributed by atoms with Gasteiger partial charge in [-0.05, 0) is 241 Å². The smallest absolute Gasteiger partial charge is 0.335 e. The molecule has 8 aliphatic rings. The van der Waals surface area contributed by atoms with Gasteiger partial charge in [-0.3, -0.25) is 19.7 Å². The third-order valence-electron chi connectivity index (χ3n) is 26.9. The second kappa shape index (κ2) is 28.6. The first-order valence-corrected chi connectivity index (χ1v) is 35.4. The van der Waals surface area contributed by atoms with Crippen molar-refractivity contribution in [3.63, 3.8) is 0 Å². The number of aliphatic hydroxyl groups excluding tert-OH is 2. The quantitative estimate of drug-likeness (QED) is 0.0127. The van der Waals surface area contributed by atoms with Crippen molar-refractivity contribution in [3.8, 4) is 0 Å². The average molecular weight is 1290 g/mol. The van der Waals surface area contributed by atoms with E-state index in [4.69, 9.17) is 14.2 Å². The molecular formula is C74H120N4O14. The van der Waals surface area contributed by atoms with Crippen LogP contribution in [-0.2, 0) is 38.2 Å². The second-order valence-electron chi connectivity index (χ2n) is 32.3. The Balaban J connectivity index is 0.886. The molecule has 0 radical (unpaired) electrons. The van der Waals surface area contributed by atoms with Crippen molar-refractivity contribution in [1.82, 2.24) is 21.3 Å². The van der Waals surface area contributed by atoms with Crippen molar-refractivity contribution in [3.05, 3.63) is 45.6 Å². The molecule has 0 aromatic heterocycles. The van der Waals surface area contributed by atoms with Crippen molar-refractivity contribution in [2.24, 2.45) is 79.8 Å². The van der Waals surface area contributed by atoms with E-state index in [1.54, 1.807) is 0 Å². The molecule has 8 saturated carbocycles. The van der Waals surface area contributed by atoms with Gasteiger partial charge in [-0.25, -0.2) is 9.59 Å². The van der Waals surface area contributed by atoms with Gasteiger partial charge in [-0.2, -0.15) is 0 Å². The van der Waals surface area contributed by atoms with Crippen LogP contribution < -0.4 is 21.3 Å². The van der Waals surface area contributed by atoms with Crippen LogP contribution in [0.1, 0.15) is 219 Å². The number of hydrogen-bond donors (Lipinski definition) is 10. The van der Waals surface area contributed by atoms with Crippen molar-refractivity contribution in [1.29, 1.82) is 0 Å². The minimum Gasteiger partial charge on any atom is -0.479 e. The highest BCUT2D eigenvalue weighted by molar-refractivity contribution is 5.78. The number of fused-ring (bicyclic) bond motifs is 10. The molecule has 0 aromatic rings. The van der Waals surface area contributed by atoms with Gasteiger partial charge >= 0.3 is 29.8 Å². The standard InChI is InChI=1S/C74H120N4O14/c1-43(2)19-16-21-50(61-54-37-56(82)63-67(10)28-30-73(88,65(84)85)45(5)52(67)23-26-69(63,12)71(54,14)39-58(61)90-47(7)79)41-77-33-18-32-75-35-36-76-34-25-60(92-49(9)81)78-42-51(22-17-20-44(3)4)62-55-38-57(83)64-68(11)29-31-74(89,66(86)87)46(6)53(68)24-27-70(64,13)72(55,15)40-59(62)91-48(8)80/h19-20,45-46,52-60,63-64,75-78,82-83,88-89H,16-18,21-42H2,1-15H3,(H,84,85)(H,86,87)/t45-,46-,52?,53?,54+,55+,56+,57+,58-,59-,60?,63?,64?,67-,68-,69-,70-,71-,72-,73+,74+/m0/s1. The molecule has 8 rings (SSSR count). The monoisotopic (exact) mass is 1290 g/mol. The fraction of sp³-hybridized carbons (Fsp3) is 0.824. The molecule has 10 N–H and O–H groups in total. The van der Waals surface area contributed by atoms with Crippen LogP contribution in [0.3, 0.4) is 0 Å². The maximum absolute atomic E-state index is 13.1. The Kier molecular flexibility index (Phi) is 22.9. The molecule has 18 nitrogen and oxygen atoms in total. The first-order valence-electron chi connectivity index (χ1n) is 35.4. The Morgan fingerprint density at radius 3 is 1.36 bits per heavy atom. The predicted molar refractivity (Wildman–Crippen MR) is 354 cm³/mol. The van der Waals surface area contributed by atoms with Crippen LogP contribution in [0.25, 0.3) is 0 Å². The van der Waals surface area contributed by atoms with E-state index in [-0.39, 0.29) is 81.9 Å². The molecule has 0 saturated heterocycles. The summed E-state index contributed by atoms with van der Waals surface area (Å²) in [5, 5.41) is 82.9. The summed E-state index contributed by atoms with van der Waals surface area (Å²) >= 11 is 0. The number of ether oxygens (including phenoxy) is 3. The topological polar surface area (TPSA) is 283 Å². The Labute approximate surface area is 550 Å². The van der Waals surface area contributed by atoms with E-state index in [1.165, 1.54) is 37.5 Å². The molecule has 21 atom stereocenters. The van der Waals surface area contributed by atoms with Crippen LogP contribution >= 0.6 is 0 Å². The molecule has 5 unspecified atom stereocenters. The molecule has 0 heterocycles. The highest BCUT2D eigenvalue weighted by Gasteiger charge is 2.74. The zero-order valence-corrected chi connectivity index (χ0v) is 58.8. The fourth-order valence-electron chi connectivity index (χ4n) is 22.2. The van der Waals surface area contributed by atoms with E-state index in [0.29, 0.717) is 77.5 Å². The Hall–Kier alpha value is -4.01. The lowest BCUT2D eigenvalue weighted by Crippen LogP contribution is -2.67. The van der Waals surface area contributed by atoms with Gasteiger partial charge in [0.25, 0.3) is 0 Å². The minimum atomic E-state index is -1.81. The fourth-order valence-corrected chi connectivity index (χ4v) is 22.2. The molecule has 0 amide bonds. The number of nitrogens with one attached hydrogen (secondary N) is 4. The van der Waals surface area contributed by atoms with Crippen LogP contribution in [0.2, 0.25) is 0 Å². The minimum absolute atomic E-state index is 0.0148. The molecule has 8 fully saturated rings. The predicted octanol–water partition coefficient (Wildman–Crippen LogP) is 10.1. The number of esters is 3. The first kappa shape index (κ1) is 73.8. The van der Waals surface area contributed by atoms with E-state index in [2.05, 4.69) is 103 Å². The van der Waals surface area contributed by atoms with Gasteiger partial charge in [0.15, 0.2) is 17.4 Å². The molecule has 0 aromatic carbocycles. The first-order chi connectivity index (χ1) is 43.0. The number of rotatable bonds is 26. The van der Waals surface area contributed by atoms with E-state index in [1.807, 2.05) is 13.8 Å². The number of hydrogen-bond acceptors (Lipinski definition) is 16. The molecule has 18 heteroatoms. The van der Waals surface area contributed by atoms with Crippen LogP contribution in [-0.4, -0.2) is 148 Å². The number of allylic oxidation sites excluding steroid dienone is 4. The van der Waals surface area contributed by atoms with Gasteiger partial charge in [0, 0.05) is 59.9 Å². The lowest BCUT2D eigenvalue weighted by molar-refractivity contribution is -0.247. The summed E-state index contributed by atoms with van der Waals surface area (Å²) in [6, 6.07) is 0. The van der Waals surface area contributed by atoms with Crippen LogP contribution in [0.5, 0.6) is 0 Å². The summed E-state index contributed by atoms with van der Waals surface area (Å²) < 4.78 is 18.6. The van der Waals surface area contributed by atoms with Gasteiger partial charge in [0.1, 0.15) is 12.2 Å². The zero-order chi connectivity index (χ0) is 67.9. The normalized spacial score (nSPS) is 41.6. The van der Waals surface area contributed by atoms with Crippen LogP contribution in [0.4, 0.5) is 0 Å². The molecule has 92 heavy (non-hydrogen) atoms. The molecule has 0 aliphatic heterocycles. The summed E-state index contributed by atoms with van der Waals surface area (Å²) in [6.45, 7) is 34.8. The lowest BCUT2D eigenvalue weighted by Gasteiger charge is -2.69. The molecule has 8 aliphatic carbocycles. The number of carbonyl (C=O) groups is 5. The average Bonchev–Trinajstić information content (AvgIpc) is 1.28. The third kappa shape index (κ3) is 13.7.